The van der Waals surface area contributed by atoms with Crippen LogP contribution in [0.25, 0.3) is 0 Å². The maximum absolute atomic E-state index is 9.62. The molecule has 1 fully saturated rings. The number of aliphatic hydroxyl groups excluding tert-OH is 1. The van der Waals surface area contributed by atoms with Crippen molar-refractivity contribution in [2.24, 2.45) is 0 Å². The molecule has 1 aliphatic rings. The number of rotatable bonds is 2. The Balaban J connectivity index is 2.07. The zero-order chi connectivity index (χ0) is 9.97. The lowest BCUT2D eigenvalue weighted by Gasteiger charge is -2.18. The number of para-hydroxylation sites is 1. The Morgan fingerprint density at radius 3 is 2.71 bits per heavy atom. The van der Waals surface area contributed by atoms with Crippen LogP contribution in [0.2, 0.25) is 0 Å². The van der Waals surface area contributed by atoms with E-state index in [1.165, 1.54) is 0 Å². The van der Waals surface area contributed by atoms with Crippen LogP contribution in [0, 0.1) is 6.92 Å². The fraction of sp³-hybridized carbons (Fsp3) is 0.500. The predicted molar refractivity (Wildman–Crippen MR) is 55.5 cm³/mol. The van der Waals surface area contributed by atoms with Gasteiger partial charge in [0.25, 0.3) is 0 Å². The number of ether oxygens (including phenoxy) is 1. The Morgan fingerprint density at radius 2 is 2.07 bits per heavy atom. The summed E-state index contributed by atoms with van der Waals surface area (Å²) in [4.78, 5) is 0. The zero-order valence-corrected chi connectivity index (χ0v) is 8.44. The lowest BCUT2D eigenvalue weighted by atomic mass is 10.2. The van der Waals surface area contributed by atoms with E-state index in [0.29, 0.717) is 0 Å². The Kier molecular flexibility index (Phi) is 2.73. The van der Waals surface area contributed by atoms with Gasteiger partial charge in [0.05, 0.1) is 6.10 Å². The van der Waals surface area contributed by atoms with E-state index in [0.717, 1.165) is 30.6 Å². The van der Waals surface area contributed by atoms with E-state index >= 15 is 0 Å². The molecule has 2 nitrogen and oxygen atoms in total. The Bertz CT molecular complexity index is 309. The first-order chi connectivity index (χ1) is 6.77. The molecular weight excluding hydrogens is 176 g/mol. The average Bonchev–Trinajstić information content (AvgIpc) is 2.56. The third-order valence-electron chi connectivity index (χ3n) is 2.79. The maximum Gasteiger partial charge on any atom is 0.124 e. The van der Waals surface area contributed by atoms with Gasteiger partial charge in [-0.3, -0.25) is 0 Å². The highest BCUT2D eigenvalue weighted by Gasteiger charge is 2.27. The third-order valence-corrected chi connectivity index (χ3v) is 2.79. The molecule has 2 atom stereocenters. The largest absolute Gasteiger partial charge is 0.487 e. The first-order valence-electron chi connectivity index (χ1n) is 5.18. The van der Waals surface area contributed by atoms with Crippen LogP contribution in [0.3, 0.4) is 0 Å². The van der Waals surface area contributed by atoms with Gasteiger partial charge in [0.15, 0.2) is 0 Å². The second-order valence-corrected chi connectivity index (χ2v) is 3.92. The molecule has 1 saturated carbocycles. The number of hydrogen-bond donors (Lipinski definition) is 1. The molecule has 0 amide bonds. The molecule has 2 rings (SSSR count). The molecule has 0 heterocycles. The molecule has 0 aliphatic heterocycles. The Labute approximate surface area is 84.5 Å². The van der Waals surface area contributed by atoms with E-state index in [9.17, 15) is 5.11 Å². The minimum Gasteiger partial charge on any atom is -0.487 e. The summed E-state index contributed by atoms with van der Waals surface area (Å²) in [6, 6.07) is 7.94. The van der Waals surface area contributed by atoms with E-state index in [1.807, 2.05) is 31.2 Å². The van der Waals surface area contributed by atoms with Gasteiger partial charge in [0, 0.05) is 0 Å². The van der Waals surface area contributed by atoms with Crippen LogP contribution in [-0.4, -0.2) is 17.3 Å². The molecule has 0 bridgehead atoms. The fourth-order valence-corrected chi connectivity index (χ4v) is 1.90. The summed E-state index contributed by atoms with van der Waals surface area (Å²) in [5, 5.41) is 9.62. The Morgan fingerprint density at radius 1 is 1.29 bits per heavy atom. The minimum atomic E-state index is -0.283. The summed E-state index contributed by atoms with van der Waals surface area (Å²) in [5.41, 5.74) is 1.13. The van der Waals surface area contributed by atoms with Crippen molar-refractivity contribution in [1.82, 2.24) is 0 Å². The van der Waals surface area contributed by atoms with Gasteiger partial charge in [-0.2, -0.15) is 0 Å². The quantitative estimate of drug-likeness (QED) is 0.779. The first-order valence-corrected chi connectivity index (χ1v) is 5.18. The SMILES string of the molecule is Cc1ccccc1OC1CCCC1O. The van der Waals surface area contributed by atoms with E-state index in [4.69, 9.17) is 4.74 Å². The molecule has 76 valence electrons. The van der Waals surface area contributed by atoms with Gasteiger partial charge in [-0.15, -0.1) is 0 Å². The molecule has 1 aromatic carbocycles. The topological polar surface area (TPSA) is 29.5 Å². The first kappa shape index (κ1) is 9.53. The fourth-order valence-electron chi connectivity index (χ4n) is 1.90. The van der Waals surface area contributed by atoms with Crippen molar-refractivity contribution >= 4 is 0 Å². The molecular formula is C12H16O2. The minimum absolute atomic E-state index is 0.00361. The molecule has 2 heteroatoms. The van der Waals surface area contributed by atoms with Crippen LogP contribution in [-0.2, 0) is 0 Å². The molecule has 0 radical (unpaired) electrons. The van der Waals surface area contributed by atoms with Crippen LogP contribution in [0.4, 0.5) is 0 Å². The number of benzene rings is 1. The van der Waals surface area contributed by atoms with Gasteiger partial charge < -0.3 is 9.84 Å². The number of aryl methyl sites for hydroxylation is 1. The second-order valence-electron chi connectivity index (χ2n) is 3.92. The Hall–Kier alpha value is -1.02. The number of hydrogen-bond acceptors (Lipinski definition) is 2. The molecule has 1 N–H and O–H groups in total. The van der Waals surface area contributed by atoms with Crippen LogP contribution in [0.1, 0.15) is 24.8 Å². The second kappa shape index (κ2) is 4.01. The van der Waals surface area contributed by atoms with Crippen LogP contribution >= 0.6 is 0 Å². The van der Waals surface area contributed by atoms with Crippen LogP contribution in [0.5, 0.6) is 5.75 Å². The van der Waals surface area contributed by atoms with E-state index in [1.54, 1.807) is 0 Å². The van der Waals surface area contributed by atoms with Gasteiger partial charge in [-0.05, 0) is 37.8 Å². The van der Waals surface area contributed by atoms with Crippen molar-refractivity contribution in [2.75, 3.05) is 0 Å². The molecule has 14 heavy (non-hydrogen) atoms. The van der Waals surface area contributed by atoms with E-state index in [-0.39, 0.29) is 12.2 Å². The molecule has 2 unspecified atom stereocenters. The lowest BCUT2D eigenvalue weighted by Crippen LogP contribution is -2.25. The lowest BCUT2D eigenvalue weighted by molar-refractivity contribution is 0.0600. The molecule has 0 saturated heterocycles. The normalized spacial score (nSPS) is 26.4. The van der Waals surface area contributed by atoms with E-state index in [2.05, 4.69) is 0 Å². The van der Waals surface area contributed by atoms with Crippen molar-refractivity contribution in [3.8, 4) is 5.75 Å². The van der Waals surface area contributed by atoms with Gasteiger partial charge in [-0.1, -0.05) is 18.2 Å². The molecule has 1 aliphatic carbocycles. The maximum atomic E-state index is 9.62. The molecule has 0 spiro atoms. The van der Waals surface area contributed by atoms with E-state index < -0.39 is 0 Å². The highest BCUT2D eigenvalue weighted by molar-refractivity contribution is 5.32. The smallest absolute Gasteiger partial charge is 0.124 e. The standard InChI is InChI=1S/C12H16O2/c1-9-5-2-3-7-11(9)14-12-8-4-6-10(12)13/h2-3,5,7,10,12-13H,4,6,8H2,1H3. The van der Waals surface area contributed by atoms with Gasteiger partial charge in [-0.25, -0.2) is 0 Å². The number of aliphatic hydroxyl groups is 1. The van der Waals surface area contributed by atoms with Crippen molar-refractivity contribution in [3.05, 3.63) is 29.8 Å². The van der Waals surface area contributed by atoms with Crippen LogP contribution in [0.15, 0.2) is 24.3 Å². The monoisotopic (exact) mass is 192 g/mol. The summed E-state index contributed by atoms with van der Waals surface area (Å²) in [6.07, 6.45) is 2.62. The van der Waals surface area contributed by atoms with Crippen molar-refractivity contribution in [2.45, 2.75) is 38.4 Å². The van der Waals surface area contributed by atoms with Gasteiger partial charge in [0.1, 0.15) is 11.9 Å². The highest BCUT2D eigenvalue weighted by atomic mass is 16.5. The summed E-state index contributed by atoms with van der Waals surface area (Å²) >= 11 is 0. The average molecular weight is 192 g/mol. The van der Waals surface area contributed by atoms with Crippen molar-refractivity contribution in [1.29, 1.82) is 0 Å². The van der Waals surface area contributed by atoms with Crippen molar-refractivity contribution < 1.29 is 9.84 Å². The van der Waals surface area contributed by atoms with Crippen LogP contribution < -0.4 is 4.74 Å². The summed E-state index contributed by atoms with van der Waals surface area (Å²) in [6.45, 7) is 2.02. The van der Waals surface area contributed by atoms with Crippen molar-refractivity contribution in [3.63, 3.8) is 0 Å². The summed E-state index contributed by atoms with van der Waals surface area (Å²) in [7, 11) is 0. The summed E-state index contributed by atoms with van der Waals surface area (Å²) in [5.74, 6) is 0.901. The third kappa shape index (κ3) is 1.90. The zero-order valence-electron chi connectivity index (χ0n) is 8.44. The predicted octanol–water partition coefficient (Wildman–Crippen LogP) is 2.29. The molecule has 0 aromatic heterocycles. The molecule has 1 aromatic rings. The van der Waals surface area contributed by atoms with Gasteiger partial charge >= 0.3 is 0 Å². The highest BCUT2D eigenvalue weighted by Crippen LogP contribution is 2.26. The van der Waals surface area contributed by atoms with Gasteiger partial charge in [0.2, 0.25) is 0 Å². The summed E-state index contributed by atoms with van der Waals surface area (Å²) < 4.78 is 5.77.